The SMILES string of the molecule is Cl[As]1N=C(c2ccsc2)C(c2ccsc2)=N1. The first-order chi connectivity index (χ1) is 7.84. The molecule has 0 atom stereocenters. The second kappa shape index (κ2) is 4.46. The van der Waals surface area contributed by atoms with Crippen molar-refractivity contribution in [1.82, 2.24) is 0 Å². The van der Waals surface area contributed by atoms with Gasteiger partial charge in [-0.2, -0.15) is 0 Å². The Bertz CT molecular complexity index is 495. The Hall–Kier alpha value is -0.412. The zero-order valence-electron chi connectivity index (χ0n) is 8.00. The van der Waals surface area contributed by atoms with Crippen molar-refractivity contribution >= 4 is 58.2 Å². The van der Waals surface area contributed by atoms with Crippen molar-refractivity contribution in [2.75, 3.05) is 0 Å². The van der Waals surface area contributed by atoms with Crippen LogP contribution < -0.4 is 0 Å². The van der Waals surface area contributed by atoms with Gasteiger partial charge in [0.05, 0.1) is 0 Å². The minimum absolute atomic E-state index is 0.967. The fourth-order valence-corrected chi connectivity index (χ4v) is 5.20. The first-order valence-electron chi connectivity index (χ1n) is 4.53. The monoisotopic (exact) mass is 328 g/mol. The molecule has 16 heavy (non-hydrogen) atoms. The van der Waals surface area contributed by atoms with Crippen molar-refractivity contribution < 1.29 is 0 Å². The maximum atomic E-state index is 6.11. The average molecular weight is 329 g/mol. The van der Waals surface area contributed by atoms with Crippen LogP contribution in [0.2, 0.25) is 0 Å². The number of hydrogen-bond acceptors (Lipinski definition) is 4. The van der Waals surface area contributed by atoms with Gasteiger partial charge in [0.15, 0.2) is 0 Å². The van der Waals surface area contributed by atoms with E-state index in [1.54, 1.807) is 22.7 Å². The molecule has 3 heterocycles. The molecule has 0 amide bonds. The Morgan fingerprint density at radius 1 is 0.938 bits per heavy atom. The van der Waals surface area contributed by atoms with Gasteiger partial charge in [0, 0.05) is 0 Å². The van der Waals surface area contributed by atoms with Crippen LogP contribution in [-0.2, 0) is 0 Å². The second-order valence-corrected chi connectivity index (χ2v) is 8.14. The van der Waals surface area contributed by atoms with Crippen LogP contribution in [0, 0.1) is 0 Å². The van der Waals surface area contributed by atoms with Gasteiger partial charge >= 0.3 is 111 Å². The van der Waals surface area contributed by atoms with Gasteiger partial charge in [0.2, 0.25) is 0 Å². The average Bonchev–Trinajstić information content (AvgIpc) is 2.98. The number of halogens is 1. The van der Waals surface area contributed by atoms with Crippen molar-refractivity contribution in [3.8, 4) is 0 Å². The molecule has 0 radical (unpaired) electrons. The summed E-state index contributed by atoms with van der Waals surface area (Å²) in [5, 5.41) is 8.27. The molecule has 0 aliphatic carbocycles. The second-order valence-electron chi connectivity index (χ2n) is 3.16. The molecule has 1 aliphatic rings. The van der Waals surface area contributed by atoms with Gasteiger partial charge in [-0.25, -0.2) is 0 Å². The third-order valence-corrected chi connectivity index (χ3v) is 5.86. The molecule has 0 unspecified atom stereocenters. The van der Waals surface area contributed by atoms with Gasteiger partial charge in [-0.3, -0.25) is 0 Å². The van der Waals surface area contributed by atoms with E-state index in [0.29, 0.717) is 0 Å². The van der Waals surface area contributed by atoms with Crippen molar-refractivity contribution in [3.05, 3.63) is 44.8 Å². The fraction of sp³-hybridized carbons (Fsp3) is 0. The summed E-state index contributed by atoms with van der Waals surface area (Å²) >= 11 is 1.47. The van der Waals surface area contributed by atoms with E-state index in [0.717, 1.165) is 22.6 Å². The van der Waals surface area contributed by atoms with Crippen molar-refractivity contribution in [2.45, 2.75) is 0 Å². The molecule has 0 N–H and O–H groups in total. The van der Waals surface area contributed by atoms with Crippen molar-refractivity contribution in [1.29, 1.82) is 0 Å². The molecule has 0 aromatic carbocycles. The molecule has 1 aliphatic heterocycles. The summed E-state index contributed by atoms with van der Waals surface area (Å²) in [7, 11) is 6.11. The summed E-state index contributed by atoms with van der Waals surface area (Å²) in [6.07, 6.45) is 0. The summed E-state index contributed by atoms with van der Waals surface area (Å²) in [4.78, 5) is 0. The molecule has 2 aromatic rings. The molecular formula is C10H6AsClN2S2. The Morgan fingerprint density at radius 2 is 1.44 bits per heavy atom. The Labute approximate surface area is 110 Å². The third-order valence-electron chi connectivity index (χ3n) is 2.18. The number of thiophene rings is 2. The van der Waals surface area contributed by atoms with E-state index >= 15 is 0 Å². The van der Waals surface area contributed by atoms with Crippen LogP contribution in [0.25, 0.3) is 0 Å². The van der Waals surface area contributed by atoms with Crippen LogP contribution in [0.3, 0.4) is 0 Å². The standard InChI is InChI=1S/C10H6AsClN2S2/c12-11-13-9(7-1-3-15-5-7)10(14-11)8-2-4-16-6-8/h1-6H. The molecule has 2 aromatic heterocycles. The topological polar surface area (TPSA) is 24.7 Å². The van der Waals surface area contributed by atoms with Crippen molar-refractivity contribution in [3.63, 3.8) is 0 Å². The van der Waals surface area contributed by atoms with Crippen LogP contribution in [0.5, 0.6) is 0 Å². The quantitative estimate of drug-likeness (QED) is 0.756. The van der Waals surface area contributed by atoms with Gasteiger partial charge in [-0.05, 0) is 0 Å². The molecule has 80 valence electrons. The van der Waals surface area contributed by atoms with E-state index in [1.807, 2.05) is 10.8 Å². The van der Waals surface area contributed by atoms with Crippen LogP contribution in [0.15, 0.2) is 41.5 Å². The zero-order valence-corrected chi connectivity index (χ0v) is 12.3. The normalized spacial score (nSPS) is 16.3. The molecular weight excluding hydrogens is 323 g/mol. The zero-order chi connectivity index (χ0) is 11.0. The van der Waals surface area contributed by atoms with Crippen LogP contribution >= 0.6 is 32.6 Å². The third kappa shape index (κ3) is 1.91. The fourth-order valence-electron chi connectivity index (χ4n) is 1.47. The summed E-state index contributed by atoms with van der Waals surface area (Å²) in [6, 6.07) is 4.13. The van der Waals surface area contributed by atoms with E-state index < -0.39 is 14.2 Å². The predicted molar refractivity (Wildman–Crippen MR) is 73.3 cm³/mol. The van der Waals surface area contributed by atoms with Gasteiger partial charge < -0.3 is 0 Å². The first kappa shape index (κ1) is 10.7. The van der Waals surface area contributed by atoms with E-state index in [-0.39, 0.29) is 0 Å². The molecule has 2 nitrogen and oxygen atoms in total. The van der Waals surface area contributed by atoms with Gasteiger partial charge in [-0.1, -0.05) is 0 Å². The molecule has 3 rings (SSSR count). The number of hydrogen-bond donors (Lipinski definition) is 0. The molecule has 0 saturated carbocycles. The van der Waals surface area contributed by atoms with E-state index in [9.17, 15) is 0 Å². The number of rotatable bonds is 2. The molecule has 0 spiro atoms. The number of nitrogens with zero attached hydrogens (tertiary/aromatic N) is 2. The Morgan fingerprint density at radius 3 is 1.81 bits per heavy atom. The van der Waals surface area contributed by atoms with Crippen LogP contribution in [-0.4, -0.2) is 25.6 Å². The first-order valence-corrected chi connectivity index (χ1v) is 10.6. The summed E-state index contributed by atoms with van der Waals surface area (Å²) in [5.74, 6) is 0. The van der Waals surface area contributed by atoms with Crippen LogP contribution in [0.4, 0.5) is 0 Å². The maximum absolute atomic E-state index is 6.11. The molecule has 6 heteroatoms. The van der Waals surface area contributed by atoms with Crippen LogP contribution in [0.1, 0.15) is 11.1 Å². The van der Waals surface area contributed by atoms with Crippen molar-refractivity contribution in [2.24, 2.45) is 7.82 Å². The molecule has 0 saturated heterocycles. The predicted octanol–water partition coefficient (Wildman–Crippen LogP) is 3.33. The molecule has 0 fully saturated rings. The van der Waals surface area contributed by atoms with E-state index in [1.165, 1.54) is 0 Å². The van der Waals surface area contributed by atoms with Gasteiger partial charge in [-0.15, -0.1) is 0 Å². The van der Waals surface area contributed by atoms with E-state index in [4.69, 9.17) is 9.95 Å². The Kier molecular flexibility index (Phi) is 2.99. The van der Waals surface area contributed by atoms with E-state index in [2.05, 4.69) is 30.7 Å². The van der Waals surface area contributed by atoms with Gasteiger partial charge in [0.1, 0.15) is 0 Å². The Balaban J connectivity index is 2.06. The molecule has 0 bridgehead atoms. The summed E-state index contributed by atoms with van der Waals surface area (Å²) in [6.45, 7) is 0. The van der Waals surface area contributed by atoms with Gasteiger partial charge in [0.25, 0.3) is 0 Å². The minimum atomic E-state index is -1.86. The summed E-state index contributed by atoms with van der Waals surface area (Å²) < 4.78 is 9.01. The summed E-state index contributed by atoms with van der Waals surface area (Å²) in [5.41, 5.74) is 4.20.